The first-order valence-electron chi connectivity index (χ1n) is 11.0. The maximum Gasteiger partial charge on any atom is 0.155 e. The zero-order valence-corrected chi connectivity index (χ0v) is 16.5. The van der Waals surface area contributed by atoms with Crippen molar-refractivity contribution in [2.45, 2.75) is 68.2 Å². The third-order valence-corrected chi connectivity index (χ3v) is 7.84. The molecule has 0 N–H and O–H groups in total. The van der Waals surface area contributed by atoms with Crippen molar-refractivity contribution >= 4 is 0 Å². The van der Waals surface area contributed by atoms with Crippen LogP contribution < -0.4 is 0 Å². The summed E-state index contributed by atoms with van der Waals surface area (Å²) in [7, 11) is 0. The molecule has 0 aliphatic heterocycles. The Bertz CT molecular complexity index is 1040. The predicted octanol–water partition coefficient (Wildman–Crippen LogP) is 3.38. The van der Waals surface area contributed by atoms with Gasteiger partial charge in [0.25, 0.3) is 0 Å². The Kier molecular flexibility index (Phi) is 3.09. The first-order valence-corrected chi connectivity index (χ1v) is 11.0. The van der Waals surface area contributed by atoms with Crippen molar-refractivity contribution in [3.63, 3.8) is 0 Å². The Morgan fingerprint density at radius 2 is 1.90 bits per heavy atom. The maximum absolute atomic E-state index is 5.22. The molecule has 0 unspecified atom stereocenters. The number of nitrogens with zero attached hydrogens (tertiary/aromatic N) is 7. The highest BCUT2D eigenvalue weighted by molar-refractivity contribution is 5.30. The van der Waals surface area contributed by atoms with E-state index in [0.717, 1.165) is 35.7 Å². The lowest BCUT2D eigenvalue weighted by Crippen LogP contribution is -2.59. The van der Waals surface area contributed by atoms with Crippen molar-refractivity contribution in [1.29, 1.82) is 0 Å². The molecule has 4 bridgehead atoms. The quantitative estimate of drug-likeness (QED) is 0.686. The summed E-state index contributed by atoms with van der Waals surface area (Å²) in [5, 5.41) is 9.60. The topological polar surface area (TPSA) is 74.3 Å². The highest BCUT2D eigenvalue weighted by atomic mass is 15.4. The van der Waals surface area contributed by atoms with E-state index in [-0.39, 0.29) is 11.0 Å². The number of rotatable bonds is 4. The minimum absolute atomic E-state index is 0.0632. The van der Waals surface area contributed by atoms with Crippen LogP contribution >= 0.6 is 0 Å². The molecule has 2 atom stereocenters. The second kappa shape index (κ2) is 5.52. The lowest BCUT2D eigenvalue weighted by Gasteiger charge is -2.61. The molecule has 0 radical (unpaired) electrons. The van der Waals surface area contributed by atoms with Gasteiger partial charge in [-0.15, -0.1) is 5.10 Å². The molecule has 3 heterocycles. The van der Waals surface area contributed by atoms with E-state index in [1.165, 1.54) is 44.9 Å². The molecule has 148 valence electrons. The van der Waals surface area contributed by atoms with Gasteiger partial charge >= 0.3 is 0 Å². The van der Waals surface area contributed by atoms with Crippen molar-refractivity contribution in [3.8, 4) is 5.82 Å². The van der Waals surface area contributed by atoms with Crippen LogP contribution in [0.3, 0.4) is 0 Å². The zero-order chi connectivity index (χ0) is 19.1. The third kappa shape index (κ3) is 2.33. The van der Waals surface area contributed by atoms with Crippen molar-refractivity contribution in [1.82, 2.24) is 34.5 Å². The van der Waals surface area contributed by atoms with Gasteiger partial charge in [-0.2, -0.15) is 9.78 Å². The van der Waals surface area contributed by atoms with Gasteiger partial charge in [-0.3, -0.25) is 0 Å². The molecular weight excluding hydrogens is 362 g/mol. The summed E-state index contributed by atoms with van der Waals surface area (Å²) in [6.45, 7) is 0. The molecule has 3 aromatic rings. The van der Waals surface area contributed by atoms with Crippen LogP contribution in [-0.4, -0.2) is 34.5 Å². The zero-order valence-electron chi connectivity index (χ0n) is 16.5. The van der Waals surface area contributed by atoms with E-state index in [1.807, 2.05) is 24.7 Å². The summed E-state index contributed by atoms with van der Waals surface area (Å²) in [5.41, 5.74) is 0.148. The SMILES string of the molecule is c1ccc(-n2nc(C3CC3)nc2C23C[C@@H]4C[C@@H](C2)CC(n2cncn2)(C4)C3)nc1. The number of hydrogen-bond donors (Lipinski definition) is 0. The van der Waals surface area contributed by atoms with Crippen LogP contribution in [0.4, 0.5) is 0 Å². The monoisotopic (exact) mass is 387 g/mol. The van der Waals surface area contributed by atoms with Crippen LogP contribution in [0.15, 0.2) is 37.1 Å². The van der Waals surface area contributed by atoms with Crippen LogP contribution in [0.2, 0.25) is 0 Å². The van der Waals surface area contributed by atoms with Crippen molar-refractivity contribution in [2.24, 2.45) is 11.8 Å². The molecule has 7 heteroatoms. The molecule has 5 fully saturated rings. The molecule has 8 rings (SSSR count). The Hall–Kier alpha value is -2.57. The van der Waals surface area contributed by atoms with Crippen LogP contribution in [-0.2, 0) is 11.0 Å². The smallest absolute Gasteiger partial charge is 0.155 e. The normalized spacial score (nSPS) is 35.3. The fraction of sp³-hybridized carbons (Fsp3) is 0.591. The van der Waals surface area contributed by atoms with Crippen LogP contribution in [0, 0.1) is 11.8 Å². The number of aromatic nitrogens is 7. The van der Waals surface area contributed by atoms with Gasteiger partial charge in [0.05, 0.1) is 5.54 Å². The molecule has 3 aromatic heterocycles. The summed E-state index contributed by atoms with van der Waals surface area (Å²) in [5.74, 6) is 5.08. The van der Waals surface area contributed by atoms with E-state index >= 15 is 0 Å². The number of pyridine rings is 1. The molecule has 29 heavy (non-hydrogen) atoms. The van der Waals surface area contributed by atoms with Crippen molar-refractivity contribution in [2.75, 3.05) is 0 Å². The molecule has 0 spiro atoms. The fourth-order valence-corrected chi connectivity index (χ4v) is 7.02. The molecular formula is C22H25N7. The highest BCUT2D eigenvalue weighted by Crippen LogP contribution is 2.64. The summed E-state index contributed by atoms with van der Waals surface area (Å²) in [6.07, 6.45) is 15.2. The predicted molar refractivity (Wildman–Crippen MR) is 105 cm³/mol. The molecule has 0 amide bonds. The second-order valence-corrected chi connectivity index (χ2v) is 9.97. The maximum atomic E-state index is 5.22. The van der Waals surface area contributed by atoms with Gasteiger partial charge in [-0.05, 0) is 75.3 Å². The first-order chi connectivity index (χ1) is 14.2. The van der Waals surface area contributed by atoms with Gasteiger partial charge < -0.3 is 0 Å². The average Bonchev–Trinajstić information content (AvgIpc) is 3.24. The standard InChI is InChI=1S/C22H25N7/c1-2-6-24-18(3-1)29-20(26-19(27-29)17-4-5-17)21-8-15-7-16(9-21)11-22(10-15,12-21)28-14-23-13-25-28/h1-3,6,13-17H,4-5,7-12H2/t15-,16-,21?,22?/m0/s1. The lowest BCUT2D eigenvalue weighted by molar-refractivity contribution is -0.0723. The molecule has 0 aromatic carbocycles. The Morgan fingerprint density at radius 3 is 2.59 bits per heavy atom. The summed E-state index contributed by atoms with van der Waals surface area (Å²) >= 11 is 0. The molecule has 5 aliphatic carbocycles. The van der Waals surface area contributed by atoms with Crippen LogP contribution in [0.5, 0.6) is 0 Å². The van der Waals surface area contributed by atoms with Gasteiger partial charge in [0, 0.05) is 17.5 Å². The van der Waals surface area contributed by atoms with Crippen LogP contribution in [0.25, 0.3) is 5.82 Å². The van der Waals surface area contributed by atoms with E-state index in [0.29, 0.717) is 5.92 Å². The van der Waals surface area contributed by atoms with Gasteiger partial charge in [0.2, 0.25) is 0 Å². The summed E-state index contributed by atoms with van der Waals surface area (Å²) in [4.78, 5) is 14.1. The summed E-state index contributed by atoms with van der Waals surface area (Å²) < 4.78 is 4.25. The van der Waals surface area contributed by atoms with Gasteiger partial charge in [0.15, 0.2) is 11.6 Å². The van der Waals surface area contributed by atoms with E-state index in [2.05, 4.69) is 30.5 Å². The van der Waals surface area contributed by atoms with Gasteiger partial charge in [-0.1, -0.05) is 6.07 Å². The minimum Gasteiger partial charge on any atom is -0.247 e. The molecule has 0 saturated heterocycles. The van der Waals surface area contributed by atoms with Gasteiger partial charge in [-0.25, -0.2) is 19.6 Å². The third-order valence-electron chi connectivity index (χ3n) is 7.84. The Morgan fingerprint density at radius 1 is 1.03 bits per heavy atom. The Balaban J connectivity index is 1.39. The van der Waals surface area contributed by atoms with E-state index < -0.39 is 0 Å². The minimum atomic E-state index is 0.0632. The van der Waals surface area contributed by atoms with E-state index in [4.69, 9.17) is 10.1 Å². The van der Waals surface area contributed by atoms with Crippen molar-refractivity contribution < 1.29 is 0 Å². The first kappa shape index (κ1) is 16.3. The van der Waals surface area contributed by atoms with Gasteiger partial charge in [0.1, 0.15) is 18.5 Å². The largest absolute Gasteiger partial charge is 0.247 e. The Labute approximate surface area is 169 Å². The van der Waals surface area contributed by atoms with E-state index in [1.54, 1.807) is 6.33 Å². The fourth-order valence-electron chi connectivity index (χ4n) is 7.02. The number of hydrogen-bond acceptors (Lipinski definition) is 5. The summed E-state index contributed by atoms with van der Waals surface area (Å²) in [6, 6.07) is 6.07. The molecule has 5 aliphatic rings. The van der Waals surface area contributed by atoms with E-state index in [9.17, 15) is 0 Å². The highest BCUT2D eigenvalue weighted by Gasteiger charge is 2.61. The average molecular weight is 387 g/mol. The van der Waals surface area contributed by atoms with Crippen molar-refractivity contribution in [3.05, 3.63) is 48.7 Å². The molecule has 7 nitrogen and oxygen atoms in total. The van der Waals surface area contributed by atoms with Crippen LogP contribution in [0.1, 0.15) is 68.9 Å². The lowest BCUT2D eigenvalue weighted by atomic mass is 9.46. The molecule has 5 saturated carbocycles. The second-order valence-electron chi connectivity index (χ2n) is 9.97.